The van der Waals surface area contributed by atoms with Crippen LogP contribution in [0.2, 0.25) is 0 Å². The van der Waals surface area contributed by atoms with E-state index in [9.17, 15) is 13.2 Å². The van der Waals surface area contributed by atoms with E-state index in [0.717, 1.165) is 18.1 Å². The van der Waals surface area contributed by atoms with Gasteiger partial charge in [0.15, 0.2) is 0 Å². The summed E-state index contributed by atoms with van der Waals surface area (Å²) in [5.41, 5.74) is -0.128. The van der Waals surface area contributed by atoms with Gasteiger partial charge in [-0.1, -0.05) is 20.8 Å². The van der Waals surface area contributed by atoms with Crippen LogP contribution < -0.4 is 0 Å². The maximum absolute atomic E-state index is 12.5. The van der Waals surface area contributed by atoms with Crippen LogP contribution >= 0.6 is 0 Å². The summed E-state index contributed by atoms with van der Waals surface area (Å²) in [7, 11) is 0. The Bertz CT molecular complexity index is 537. The van der Waals surface area contributed by atoms with Gasteiger partial charge in [-0.05, 0) is 0 Å². The average Bonchev–Trinajstić information content (AvgIpc) is 2.57. The van der Waals surface area contributed by atoms with E-state index in [4.69, 9.17) is 0 Å². The predicted octanol–water partition coefficient (Wildman–Crippen LogP) is 3.05. The predicted molar refractivity (Wildman–Crippen MR) is 56.7 cm³/mol. The fourth-order valence-corrected chi connectivity index (χ4v) is 1.41. The molecule has 0 aliphatic heterocycles. The molecule has 0 fully saturated rings. The molecule has 2 heterocycles. The van der Waals surface area contributed by atoms with Crippen molar-refractivity contribution in [1.29, 1.82) is 0 Å². The van der Waals surface area contributed by atoms with Crippen molar-refractivity contribution >= 4 is 5.65 Å². The number of fused-ring (bicyclic) bond motifs is 1. The van der Waals surface area contributed by atoms with E-state index in [2.05, 4.69) is 9.97 Å². The molecule has 0 radical (unpaired) electrons. The Balaban J connectivity index is 2.56. The lowest BCUT2D eigenvalue weighted by Gasteiger charge is -2.13. The van der Waals surface area contributed by atoms with Crippen LogP contribution in [0.5, 0.6) is 0 Å². The lowest BCUT2D eigenvalue weighted by atomic mass is 9.93. The molecular weight excluding hydrogens is 231 g/mol. The van der Waals surface area contributed by atoms with Gasteiger partial charge in [0.25, 0.3) is 0 Å². The molecule has 2 aromatic rings. The average molecular weight is 243 g/mol. The van der Waals surface area contributed by atoms with Crippen LogP contribution in [0, 0.1) is 0 Å². The van der Waals surface area contributed by atoms with Crippen LogP contribution in [0.4, 0.5) is 13.2 Å². The zero-order chi connectivity index (χ0) is 12.8. The highest BCUT2D eigenvalue weighted by molar-refractivity contribution is 5.42. The molecular formula is C11H12F3N3. The maximum atomic E-state index is 12.5. The molecule has 0 saturated carbocycles. The summed E-state index contributed by atoms with van der Waals surface area (Å²) in [6.45, 7) is 5.85. The Kier molecular flexibility index (Phi) is 2.41. The molecule has 0 amide bonds. The summed E-state index contributed by atoms with van der Waals surface area (Å²) in [6.07, 6.45) is -1.60. The van der Waals surface area contributed by atoms with Crippen molar-refractivity contribution in [1.82, 2.24) is 14.4 Å². The van der Waals surface area contributed by atoms with E-state index >= 15 is 0 Å². The third-order valence-electron chi connectivity index (χ3n) is 2.41. The largest absolute Gasteiger partial charge is 0.433 e. The summed E-state index contributed by atoms with van der Waals surface area (Å²) in [6, 6.07) is 0.954. The van der Waals surface area contributed by atoms with Crippen molar-refractivity contribution < 1.29 is 13.2 Å². The number of aromatic nitrogens is 3. The van der Waals surface area contributed by atoms with Gasteiger partial charge in [-0.25, -0.2) is 9.97 Å². The summed E-state index contributed by atoms with van der Waals surface area (Å²) in [5, 5.41) is 0. The molecule has 0 N–H and O–H groups in total. The number of nitrogens with zero attached hydrogens (tertiary/aromatic N) is 3. The van der Waals surface area contributed by atoms with Crippen LogP contribution in [-0.2, 0) is 11.6 Å². The lowest BCUT2D eigenvalue weighted by Crippen LogP contribution is -2.11. The van der Waals surface area contributed by atoms with Gasteiger partial charge >= 0.3 is 6.18 Å². The van der Waals surface area contributed by atoms with Crippen molar-refractivity contribution in [3.8, 4) is 0 Å². The van der Waals surface area contributed by atoms with Crippen molar-refractivity contribution in [3.05, 3.63) is 30.0 Å². The van der Waals surface area contributed by atoms with Crippen molar-refractivity contribution in [2.45, 2.75) is 32.4 Å². The molecule has 0 bridgehead atoms. The summed E-state index contributed by atoms with van der Waals surface area (Å²) < 4.78 is 38.9. The Morgan fingerprint density at radius 2 is 1.76 bits per heavy atom. The number of hydrogen-bond donors (Lipinski definition) is 0. The van der Waals surface area contributed by atoms with Crippen LogP contribution in [0.25, 0.3) is 5.65 Å². The molecule has 0 aliphatic rings. The number of hydrogen-bond acceptors (Lipinski definition) is 2. The van der Waals surface area contributed by atoms with E-state index in [0.29, 0.717) is 0 Å². The van der Waals surface area contributed by atoms with E-state index in [1.807, 2.05) is 20.8 Å². The highest BCUT2D eigenvalue weighted by Crippen LogP contribution is 2.28. The molecule has 17 heavy (non-hydrogen) atoms. The molecule has 0 aromatic carbocycles. The summed E-state index contributed by atoms with van der Waals surface area (Å²) >= 11 is 0. The fourth-order valence-electron chi connectivity index (χ4n) is 1.41. The first-order valence-electron chi connectivity index (χ1n) is 5.10. The van der Waals surface area contributed by atoms with E-state index in [1.54, 1.807) is 6.20 Å². The highest BCUT2D eigenvalue weighted by atomic mass is 19.4. The Labute approximate surface area is 96.3 Å². The SMILES string of the molecule is CC(C)(C)c1cn2cnc(C(F)(F)F)cc2n1. The smallest absolute Gasteiger partial charge is 0.290 e. The standard InChI is InChI=1S/C11H12F3N3/c1-10(2,3)8-5-17-6-15-7(11(12,13)14)4-9(17)16-8/h4-6H,1-3H3. The number of rotatable bonds is 0. The number of alkyl halides is 3. The number of halogens is 3. The molecule has 0 saturated heterocycles. The Morgan fingerprint density at radius 1 is 1.12 bits per heavy atom. The van der Waals surface area contributed by atoms with Crippen LogP contribution in [0.3, 0.4) is 0 Å². The maximum Gasteiger partial charge on any atom is 0.433 e. The second-order valence-electron chi connectivity index (χ2n) is 4.91. The van der Waals surface area contributed by atoms with Crippen LogP contribution in [0.1, 0.15) is 32.2 Å². The third-order valence-corrected chi connectivity index (χ3v) is 2.41. The molecule has 3 nitrogen and oxygen atoms in total. The van der Waals surface area contributed by atoms with Crippen molar-refractivity contribution in [2.75, 3.05) is 0 Å². The summed E-state index contributed by atoms with van der Waals surface area (Å²) in [5.74, 6) is 0. The Hall–Kier alpha value is -1.59. The molecule has 2 rings (SSSR count). The third kappa shape index (κ3) is 2.25. The minimum atomic E-state index is -4.43. The van der Waals surface area contributed by atoms with Gasteiger partial charge in [0.1, 0.15) is 17.7 Å². The second kappa shape index (κ2) is 3.45. The van der Waals surface area contributed by atoms with Crippen molar-refractivity contribution in [2.24, 2.45) is 0 Å². The molecule has 92 valence electrons. The molecule has 0 spiro atoms. The topological polar surface area (TPSA) is 30.2 Å². The highest BCUT2D eigenvalue weighted by Gasteiger charge is 2.33. The van der Waals surface area contributed by atoms with Gasteiger partial charge in [-0.15, -0.1) is 0 Å². The summed E-state index contributed by atoms with van der Waals surface area (Å²) in [4.78, 5) is 7.55. The quantitative estimate of drug-likeness (QED) is 0.711. The molecule has 0 atom stereocenters. The van der Waals surface area contributed by atoms with Gasteiger partial charge in [-0.3, -0.25) is 4.40 Å². The number of imidazole rings is 1. The van der Waals surface area contributed by atoms with Gasteiger partial charge in [-0.2, -0.15) is 13.2 Å². The van der Waals surface area contributed by atoms with Gasteiger partial charge in [0.05, 0.1) is 5.69 Å². The Morgan fingerprint density at radius 3 is 2.29 bits per heavy atom. The second-order valence-corrected chi connectivity index (χ2v) is 4.91. The lowest BCUT2D eigenvalue weighted by molar-refractivity contribution is -0.141. The zero-order valence-corrected chi connectivity index (χ0v) is 9.71. The normalized spacial score (nSPS) is 13.3. The minimum Gasteiger partial charge on any atom is -0.290 e. The van der Waals surface area contributed by atoms with Gasteiger partial charge < -0.3 is 0 Å². The fraction of sp³-hybridized carbons (Fsp3) is 0.455. The molecule has 0 aliphatic carbocycles. The molecule has 2 aromatic heterocycles. The van der Waals surface area contributed by atoms with Gasteiger partial charge in [0.2, 0.25) is 0 Å². The zero-order valence-electron chi connectivity index (χ0n) is 9.71. The molecule has 6 heteroatoms. The van der Waals surface area contributed by atoms with Crippen LogP contribution in [0.15, 0.2) is 18.6 Å². The first kappa shape index (κ1) is 11.9. The van der Waals surface area contributed by atoms with E-state index in [-0.39, 0.29) is 11.1 Å². The molecule has 0 unspecified atom stereocenters. The monoisotopic (exact) mass is 243 g/mol. The van der Waals surface area contributed by atoms with Crippen molar-refractivity contribution in [3.63, 3.8) is 0 Å². The first-order valence-corrected chi connectivity index (χ1v) is 5.10. The van der Waals surface area contributed by atoms with E-state index < -0.39 is 11.9 Å². The first-order chi connectivity index (χ1) is 7.68. The van der Waals surface area contributed by atoms with Crippen LogP contribution in [-0.4, -0.2) is 14.4 Å². The minimum absolute atomic E-state index is 0.204. The van der Waals surface area contributed by atoms with Gasteiger partial charge in [0, 0.05) is 17.7 Å². The van der Waals surface area contributed by atoms with E-state index in [1.165, 1.54) is 4.40 Å².